The number of rotatable bonds is 1. The molecule has 3 nitrogen and oxygen atoms in total. The normalized spacial score (nSPS) is 20.1. The highest BCUT2D eigenvalue weighted by Crippen LogP contribution is 2.43. The summed E-state index contributed by atoms with van der Waals surface area (Å²) < 4.78 is 10.4. The minimum atomic E-state index is -3.54. The molecule has 0 fully saturated rings. The Hall–Kier alpha value is 0.150. The summed E-state index contributed by atoms with van der Waals surface area (Å²) >= 11 is 0. The van der Waals surface area contributed by atoms with Crippen molar-refractivity contribution in [2.75, 3.05) is 6.66 Å². The summed E-state index contributed by atoms with van der Waals surface area (Å²) in [4.78, 5) is 10.4. The molecule has 0 aliphatic heterocycles. The van der Waals surface area contributed by atoms with E-state index < -0.39 is 12.7 Å². The summed E-state index contributed by atoms with van der Waals surface area (Å²) in [6, 6.07) is 0. The number of aliphatic hydroxyl groups is 1. The largest absolute Gasteiger partial charge is 0.798 e. The zero-order valence-corrected chi connectivity index (χ0v) is 6.11. The van der Waals surface area contributed by atoms with Gasteiger partial charge in [-0.2, -0.15) is 0 Å². The Morgan fingerprint density at radius 1 is 1.62 bits per heavy atom. The van der Waals surface area contributed by atoms with Crippen molar-refractivity contribution in [3.8, 4) is 0 Å². The van der Waals surface area contributed by atoms with Crippen molar-refractivity contribution >= 4 is 7.37 Å². The monoisotopic (exact) mass is 137 g/mol. The predicted molar refractivity (Wildman–Crippen MR) is 29.8 cm³/mol. The minimum absolute atomic E-state index is 1.02. The third-order valence-corrected chi connectivity index (χ3v) is 2.98. The molecule has 0 aromatic carbocycles. The predicted octanol–water partition coefficient (Wildman–Crippen LogP) is -0.0170. The van der Waals surface area contributed by atoms with E-state index in [1.807, 2.05) is 0 Å². The number of hydrogen-bond donors (Lipinski definition) is 1. The first-order chi connectivity index (χ1) is 3.25. The van der Waals surface area contributed by atoms with Crippen LogP contribution in [0.3, 0.4) is 0 Å². The van der Waals surface area contributed by atoms with Gasteiger partial charge in [0.25, 0.3) is 0 Å². The van der Waals surface area contributed by atoms with E-state index >= 15 is 0 Å². The highest BCUT2D eigenvalue weighted by molar-refractivity contribution is 7.57. The molecule has 0 aliphatic rings. The molecular formula is C4H10O3P-. The van der Waals surface area contributed by atoms with Crippen molar-refractivity contribution in [2.45, 2.75) is 19.2 Å². The van der Waals surface area contributed by atoms with Gasteiger partial charge in [0.1, 0.15) is 0 Å². The van der Waals surface area contributed by atoms with Gasteiger partial charge >= 0.3 is 0 Å². The van der Waals surface area contributed by atoms with Gasteiger partial charge in [-0.1, -0.05) is 0 Å². The number of hydrogen-bond acceptors (Lipinski definition) is 3. The molecule has 1 atom stereocenters. The fraction of sp³-hybridized carbons (Fsp3) is 1.00. The maximum absolute atomic E-state index is 10.4. The van der Waals surface area contributed by atoms with E-state index in [1.165, 1.54) is 13.8 Å². The van der Waals surface area contributed by atoms with Gasteiger partial charge in [-0.3, -0.25) is 0 Å². The molecule has 8 heavy (non-hydrogen) atoms. The van der Waals surface area contributed by atoms with E-state index in [4.69, 9.17) is 5.11 Å². The second-order valence-electron chi connectivity index (χ2n) is 2.34. The van der Waals surface area contributed by atoms with Crippen molar-refractivity contribution in [3.63, 3.8) is 0 Å². The summed E-state index contributed by atoms with van der Waals surface area (Å²) in [5.41, 5.74) is 0. The van der Waals surface area contributed by atoms with Crippen LogP contribution in [0.2, 0.25) is 0 Å². The molecule has 1 N–H and O–H groups in total. The van der Waals surface area contributed by atoms with Crippen LogP contribution in [0.15, 0.2) is 0 Å². The molecule has 0 aromatic rings. The summed E-state index contributed by atoms with van der Waals surface area (Å²) in [6.07, 6.45) is 0. The van der Waals surface area contributed by atoms with Crippen LogP contribution in [-0.4, -0.2) is 17.1 Å². The molecule has 1 unspecified atom stereocenters. The zero-order chi connectivity index (χ0) is 7.00. The maximum Gasteiger partial charge on any atom is 0.0987 e. The van der Waals surface area contributed by atoms with Crippen LogP contribution in [0.4, 0.5) is 0 Å². The van der Waals surface area contributed by atoms with Gasteiger partial charge in [-0.15, -0.1) is 0 Å². The van der Waals surface area contributed by atoms with E-state index in [2.05, 4.69) is 0 Å². The quantitative estimate of drug-likeness (QED) is 0.517. The highest BCUT2D eigenvalue weighted by atomic mass is 31.2. The fourth-order valence-electron chi connectivity index (χ4n) is 0. The Kier molecular flexibility index (Phi) is 1.87. The molecule has 0 aromatic heterocycles. The molecule has 0 saturated carbocycles. The van der Waals surface area contributed by atoms with Crippen molar-refractivity contribution in [2.24, 2.45) is 0 Å². The third-order valence-electron chi connectivity index (χ3n) is 0.994. The molecule has 4 heteroatoms. The smallest absolute Gasteiger partial charge is 0.0987 e. The average Bonchev–Trinajstić information content (AvgIpc) is 1.25. The van der Waals surface area contributed by atoms with Gasteiger partial charge < -0.3 is 14.6 Å². The molecular weight excluding hydrogens is 127 g/mol. The van der Waals surface area contributed by atoms with Crippen molar-refractivity contribution in [1.82, 2.24) is 0 Å². The van der Waals surface area contributed by atoms with Crippen LogP contribution in [0.25, 0.3) is 0 Å². The first-order valence-electron chi connectivity index (χ1n) is 2.26. The molecule has 0 rings (SSSR count). The maximum atomic E-state index is 10.4. The van der Waals surface area contributed by atoms with Crippen molar-refractivity contribution in [3.05, 3.63) is 0 Å². The van der Waals surface area contributed by atoms with Crippen LogP contribution in [0, 0.1) is 0 Å². The van der Waals surface area contributed by atoms with Gasteiger partial charge in [0, 0.05) is 7.37 Å². The Balaban J connectivity index is 4.26. The second-order valence-corrected chi connectivity index (χ2v) is 5.13. The lowest BCUT2D eigenvalue weighted by Crippen LogP contribution is -2.25. The van der Waals surface area contributed by atoms with Crippen LogP contribution < -0.4 is 4.89 Å². The van der Waals surface area contributed by atoms with Crippen LogP contribution in [0.1, 0.15) is 13.8 Å². The highest BCUT2D eigenvalue weighted by Gasteiger charge is 2.22. The van der Waals surface area contributed by atoms with E-state index in [0.717, 1.165) is 6.66 Å². The topological polar surface area (TPSA) is 60.4 Å². The van der Waals surface area contributed by atoms with Crippen molar-refractivity contribution < 1.29 is 14.6 Å². The zero-order valence-electron chi connectivity index (χ0n) is 5.21. The lowest BCUT2D eigenvalue weighted by atomic mass is 10.5. The van der Waals surface area contributed by atoms with E-state index in [1.54, 1.807) is 0 Å². The minimum Gasteiger partial charge on any atom is -0.798 e. The van der Waals surface area contributed by atoms with Crippen LogP contribution in [0.5, 0.6) is 0 Å². The van der Waals surface area contributed by atoms with E-state index in [9.17, 15) is 9.46 Å². The fourth-order valence-corrected chi connectivity index (χ4v) is 0. The molecule has 0 amide bonds. The molecule has 0 aliphatic carbocycles. The Bertz CT molecular complexity index is 118. The third kappa shape index (κ3) is 1.95. The Morgan fingerprint density at radius 2 is 1.75 bits per heavy atom. The molecule has 0 bridgehead atoms. The standard InChI is InChI=1S/C4H11O3P/c1-4(2,5)8(3,6)7/h5H,1-3H3,(H,6,7)/p-1. The summed E-state index contributed by atoms with van der Waals surface area (Å²) in [5.74, 6) is 0. The van der Waals surface area contributed by atoms with Gasteiger partial charge in [0.15, 0.2) is 0 Å². The second kappa shape index (κ2) is 1.83. The van der Waals surface area contributed by atoms with Gasteiger partial charge in [0.2, 0.25) is 0 Å². The molecule has 0 radical (unpaired) electrons. The van der Waals surface area contributed by atoms with Gasteiger partial charge in [-0.25, -0.2) is 0 Å². The average molecular weight is 137 g/mol. The van der Waals surface area contributed by atoms with Gasteiger partial charge in [0.05, 0.1) is 5.34 Å². The molecule has 0 spiro atoms. The molecule has 0 heterocycles. The van der Waals surface area contributed by atoms with Gasteiger partial charge in [-0.05, 0) is 20.5 Å². The Labute approximate surface area is 48.8 Å². The van der Waals surface area contributed by atoms with Crippen molar-refractivity contribution in [1.29, 1.82) is 0 Å². The molecule has 50 valence electrons. The first kappa shape index (κ1) is 8.15. The lowest BCUT2D eigenvalue weighted by Gasteiger charge is -2.31. The SMILES string of the molecule is CC(C)(O)P(C)(=O)[O-]. The van der Waals surface area contributed by atoms with Crippen LogP contribution >= 0.6 is 7.37 Å². The van der Waals surface area contributed by atoms with E-state index in [0.29, 0.717) is 0 Å². The summed E-state index contributed by atoms with van der Waals surface area (Å²) in [5, 5.41) is 7.22. The summed E-state index contributed by atoms with van der Waals surface area (Å²) in [6.45, 7) is 3.52. The Morgan fingerprint density at radius 3 is 1.75 bits per heavy atom. The van der Waals surface area contributed by atoms with E-state index in [-0.39, 0.29) is 0 Å². The molecule has 0 saturated heterocycles. The summed E-state index contributed by atoms with van der Waals surface area (Å²) in [7, 11) is -3.54. The lowest BCUT2D eigenvalue weighted by molar-refractivity contribution is -0.187. The van der Waals surface area contributed by atoms with Crippen LogP contribution in [-0.2, 0) is 4.57 Å². The first-order valence-corrected chi connectivity index (χ1v) is 4.33.